The molecule has 1 aromatic rings. The van der Waals surface area contributed by atoms with E-state index >= 15 is 0 Å². The van der Waals surface area contributed by atoms with Crippen molar-refractivity contribution in [1.29, 1.82) is 0 Å². The number of nitrogens with two attached hydrogens (primary N) is 1. The largest absolute Gasteiger partial charge is 0.506 e. The summed E-state index contributed by atoms with van der Waals surface area (Å²) in [6.45, 7) is 2.54. The minimum Gasteiger partial charge on any atom is -0.506 e. The molecule has 0 saturated heterocycles. The maximum Gasteiger partial charge on any atom is 0.133 e. The van der Waals surface area contributed by atoms with Gasteiger partial charge in [-0.2, -0.15) is 0 Å². The van der Waals surface area contributed by atoms with Crippen LogP contribution in [0.3, 0.4) is 0 Å². The first-order valence-corrected chi connectivity index (χ1v) is 5.82. The van der Waals surface area contributed by atoms with Crippen molar-refractivity contribution in [3.8, 4) is 11.5 Å². The Morgan fingerprint density at radius 2 is 2.40 bits per heavy atom. The van der Waals surface area contributed by atoms with E-state index in [0.717, 1.165) is 27.8 Å². The highest BCUT2D eigenvalue weighted by Gasteiger charge is 2.25. The van der Waals surface area contributed by atoms with Crippen molar-refractivity contribution in [1.82, 2.24) is 0 Å². The van der Waals surface area contributed by atoms with E-state index in [1.54, 1.807) is 0 Å². The standard InChI is InChI=1S/C11H14BrNO2/c1-6-4-8-9(15-6)5-7(2-3-13)11(14)10(8)12/h5-6,14H,2-4,13H2,1H3. The molecule has 1 aromatic carbocycles. The van der Waals surface area contributed by atoms with Crippen LogP contribution < -0.4 is 10.5 Å². The molecule has 82 valence electrons. The zero-order valence-electron chi connectivity index (χ0n) is 8.59. The lowest BCUT2D eigenvalue weighted by atomic mass is 10.0. The topological polar surface area (TPSA) is 55.5 Å². The molecule has 0 saturated carbocycles. The molecule has 0 aliphatic carbocycles. The molecule has 0 bridgehead atoms. The number of ether oxygens (including phenoxy) is 1. The Kier molecular flexibility index (Phi) is 2.89. The quantitative estimate of drug-likeness (QED) is 0.865. The van der Waals surface area contributed by atoms with Crippen molar-refractivity contribution in [3.05, 3.63) is 21.7 Å². The van der Waals surface area contributed by atoms with Crippen LogP contribution in [0.2, 0.25) is 0 Å². The predicted molar refractivity (Wildman–Crippen MR) is 62.4 cm³/mol. The zero-order chi connectivity index (χ0) is 11.0. The van der Waals surface area contributed by atoms with E-state index in [9.17, 15) is 5.11 Å². The average molecular weight is 272 g/mol. The highest BCUT2D eigenvalue weighted by Crippen LogP contribution is 2.42. The van der Waals surface area contributed by atoms with Gasteiger partial charge in [0.1, 0.15) is 17.6 Å². The normalized spacial score (nSPS) is 18.7. The first-order chi connectivity index (χ1) is 7.13. The maximum atomic E-state index is 9.92. The molecule has 0 fully saturated rings. The monoisotopic (exact) mass is 271 g/mol. The molecule has 1 aliphatic rings. The van der Waals surface area contributed by atoms with E-state index in [2.05, 4.69) is 15.9 Å². The van der Waals surface area contributed by atoms with Gasteiger partial charge in [0.15, 0.2) is 0 Å². The summed E-state index contributed by atoms with van der Waals surface area (Å²) in [6.07, 6.45) is 1.69. The molecule has 1 atom stereocenters. The molecule has 3 N–H and O–H groups in total. The SMILES string of the molecule is CC1Cc2c(cc(CCN)c(O)c2Br)O1. The van der Waals surface area contributed by atoms with Crippen LogP contribution in [0.4, 0.5) is 0 Å². The summed E-state index contributed by atoms with van der Waals surface area (Å²) in [4.78, 5) is 0. The van der Waals surface area contributed by atoms with E-state index in [1.165, 1.54) is 0 Å². The fraction of sp³-hybridized carbons (Fsp3) is 0.455. The number of hydrogen-bond donors (Lipinski definition) is 2. The first-order valence-electron chi connectivity index (χ1n) is 5.03. The zero-order valence-corrected chi connectivity index (χ0v) is 10.2. The highest BCUT2D eigenvalue weighted by atomic mass is 79.9. The molecule has 1 heterocycles. The first kappa shape index (κ1) is 10.8. The molecule has 2 rings (SSSR count). The molecule has 0 aromatic heterocycles. The third-order valence-corrected chi connectivity index (χ3v) is 3.47. The number of benzene rings is 1. The second-order valence-electron chi connectivity index (χ2n) is 3.85. The van der Waals surface area contributed by atoms with Crippen LogP contribution in [0.25, 0.3) is 0 Å². The van der Waals surface area contributed by atoms with Gasteiger partial charge in [0.25, 0.3) is 0 Å². The van der Waals surface area contributed by atoms with Gasteiger partial charge in [0, 0.05) is 12.0 Å². The maximum absolute atomic E-state index is 9.92. The summed E-state index contributed by atoms with van der Waals surface area (Å²) in [6, 6.07) is 1.89. The van der Waals surface area contributed by atoms with E-state index in [0.29, 0.717) is 18.7 Å². The summed E-state index contributed by atoms with van der Waals surface area (Å²) in [7, 11) is 0. The summed E-state index contributed by atoms with van der Waals surface area (Å²) in [5.41, 5.74) is 7.39. The number of aromatic hydroxyl groups is 1. The number of phenols is 1. The summed E-state index contributed by atoms with van der Waals surface area (Å²) in [5.74, 6) is 1.17. The molecule has 0 amide bonds. The van der Waals surface area contributed by atoms with Crippen molar-refractivity contribution in [2.45, 2.75) is 25.9 Å². The Balaban J connectivity index is 2.47. The van der Waals surface area contributed by atoms with Crippen LogP contribution in [-0.4, -0.2) is 17.8 Å². The molecule has 0 spiro atoms. The smallest absolute Gasteiger partial charge is 0.133 e. The van der Waals surface area contributed by atoms with Gasteiger partial charge in [-0.1, -0.05) is 0 Å². The number of hydrogen-bond acceptors (Lipinski definition) is 3. The summed E-state index contributed by atoms with van der Waals surface area (Å²) in [5, 5.41) is 9.92. The van der Waals surface area contributed by atoms with Gasteiger partial charge in [-0.3, -0.25) is 0 Å². The van der Waals surface area contributed by atoms with E-state index in [4.69, 9.17) is 10.5 Å². The Bertz CT molecular complexity index is 392. The third kappa shape index (κ3) is 1.84. The van der Waals surface area contributed by atoms with E-state index < -0.39 is 0 Å². The second kappa shape index (κ2) is 4.02. The van der Waals surface area contributed by atoms with Gasteiger partial charge < -0.3 is 15.6 Å². The third-order valence-electron chi connectivity index (χ3n) is 2.61. The fourth-order valence-corrected chi connectivity index (χ4v) is 2.50. The number of rotatable bonds is 2. The lowest BCUT2D eigenvalue weighted by molar-refractivity contribution is 0.254. The van der Waals surface area contributed by atoms with Crippen molar-refractivity contribution in [2.75, 3.05) is 6.54 Å². The van der Waals surface area contributed by atoms with Gasteiger partial charge in [0.05, 0.1) is 4.47 Å². The Morgan fingerprint density at radius 1 is 1.67 bits per heavy atom. The Morgan fingerprint density at radius 3 is 3.07 bits per heavy atom. The summed E-state index contributed by atoms with van der Waals surface area (Å²) < 4.78 is 6.40. The van der Waals surface area contributed by atoms with Gasteiger partial charge in [-0.05, 0) is 47.4 Å². The molecule has 1 unspecified atom stereocenters. The van der Waals surface area contributed by atoms with Crippen molar-refractivity contribution in [3.63, 3.8) is 0 Å². The predicted octanol–water partition coefficient (Wildman–Crippen LogP) is 1.98. The molecular formula is C11H14BrNO2. The number of fused-ring (bicyclic) bond motifs is 1. The summed E-state index contributed by atoms with van der Waals surface area (Å²) >= 11 is 3.41. The Hall–Kier alpha value is -0.740. The molecule has 4 heteroatoms. The molecule has 3 nitrogen and oxygen atoms in total. The lowest BCUT2D eigenvalue weighted by Gasteiger charge is -2.09. The van der Waals surface area contributed by atoms with E-state index in [-0.39, 0.29) is 6.10 Å². The lowest BCUT2D eigenvalue weighted by Crippen LogP contribution is -2.05. The highest BCUT2D eigenvalue weighted by molar-refractivity contribution is 9.10. The number of halogens is 1. The average Bonchev–Trinajstić information content (AvgIpc) is 2.56. The van der Waals surface area contributed by atoms with Gasteiger partial charge >= 0.3 is 0 Å². The van der Waals surface area contributed by atoms with Gasteiger partial charge in [-0.25, -0.2) is 0 Å². The van der Waals surface area contributed by atoms with E-state index in [1.807, 2.05) is 13.0 Å². The van der Waals surface area contributed by atoms with Crippen LogP contribution in [0.15, 0.2) is 10.5 Å². The number of phenolic OH excluding ortho intramolecular Hbond substituents is 1. The molecular weight excluding hydrogens is 258 g/mol. The van der Waals surface area contributed by atoms with Crippen molar-refractivity contribution < 1.29 is 9.84 Å². The second-order valence-corrected chi connectivity index (χ2v) is 4.64. The molecule has 1 aliphatic heterocycles. The fourth-order valence-electron chi connectivity index (χ4n) is 1.89. The molecule has 15 heavy (non-hydrogen) atoms. The van der Waals surface area contributed by atoms with Crippen LogP contribution >= 0.6 is 15.9 Å². The van der Waals surface area contributed by atoms with Crippen molar-refractivity contribution in [2.24, 2.45) is 5.73 Å². The van der Waals surface area contributed by atoms with Gasteiger partial charge in [0.2, 0.25) is 0 Å². The van der Waals surface area contributed by atoms with Crippen LogP contribution in [0.1, 0.15) is 18.1 Å². The van der Waals surface area contributed by atoms with Crippen LogP contribution in [0.5, 0.6) is 11.5 Å². The van der Waals surface area contributed by atoms with Crippen LogP contribution in [-0.2, 0) is 12.8 Å². The molecule has 0 radical (unpaired) electrons. The Labute approximate surface area is 97.4 Å². The van der Waals surface area contributed by atoms with Gasteiger partial charge in [-0.15, -0.1) is 0 Å². The minimum absolute atomic E-state index is 0.184. The van der Waals surface area contributed by atoms with Crippen molar-refractivity contribution >= 4 is 15.9 Å². The minimum atomic E-state index is 0.184. The van der Waals surface area contributed by atoms with Crippen LogP contribution in [0, 0.1) is 0 Å².